The number of aromatic nitrogens is 1. The molecule has 0 saturated carbocycles. The Kier molecular flexibility index (Phi) is 5.60. The van der Waals surface area contributed by atoms with Crippen molar-refractivity contribution >= 4 is 17.4 Å². The fourth-order valence-corrected chi connectivity index (χ4v) is 2.94. The van der Waals surface area contributed by atoms with Gasteiger partial charge in [0.25, 0.3) is 0 Å². The Morgan fingerprint density at radius 1 is 1.12 bits per heavy atom. The molecule has 0 bridgehead atoms. The van der Waals surface area contributed by atoms with Crippen molar-refractivity contribution in [2.45, 2.75) is 13.3 Å². The van der Waals surface area contributed by atoms with Gasteiger partial charge in [-0.15, -0.1) is 0 Å². The predicted molar refractivity (Wildman–Crippen MR) is 97.3 cm³/mol. The molecule has 1 aliphatic rings. The standard InChI is InChI=1S/C19H23FN4O/c1-2-15-6-8-16(9-7-15)21-19(25)14-23-10-12-24(13-11-23)18-5-3-4-17(20)22-18/h3-9H,2,10-14H2,1H3,(H,21,25). The molecule has 0 aliphatic carbocycles. The second-order valence-corrected chi connectivity index (χ2v) is 6.18. The molecule has 1 fully saturated rings. The lowest BCUT2D eigenvalue weighted by molar-refractivity contribution is -0.117. The van der Waals surface area contributed by atoms with Gasteiger partial charge in [-0.05, 0) is 36.2 Å². The van der Waals surface area contributed by atoms with Crippen molar-refractivity contribution in [3.8, 4) is 0 Å². The number of anilines is 2. The highest BCUT2D eigenvalue weighted by Gasteiger charge is 2.20. The van der Waals surface area contributed by atoms with E-state index in [1.54, 1.807) is 6.07 Å². The average molecular weight is 342 g/mol. The Labute approximate surface area is 147 Å². The summed E-state index contributed by atoms with van der Waals surface area (Å²) in [5.74, 6) is 0.176. The van der Waals surface area contributed by atoms with Gasteiger partial charge in [-0.2, -0.15) is 4.39 Å². The molecule has 132 valence electrons. The number of nitrogens with one attached hydrogen (secondary N) is 1. The number of nitrogens with zero attached hydrogens (tertiary/aromatic N) is 3. The van der Waals surface area contributed by atoms with Crippen LogP contribution < -0.4 is 10.2 Å². The molecule has 1 aromatic carbocycles. The van der Waals surface area contributed by atoms with Gasteiger partial charge in [-0.1, -0.05) is 25.1 Å². The molecule has 0 unspecified atom stereocenters. The molecule has 0 atom stereocenters. The van der Waals surface area contributed by atoms with E-state index in [1.807, 2.05) is 35.2 Å². The van der Waals surface area contributed by atoms with Crippen LogP contribution in [0.3, 0.4) is 0 Å². The molecule has 0 spiro atoms. The SMILES string of the molecule is CCc1ccc(NC(=O)CN2CCN(c3cccc(F)n3)CC2)cc1. The lowest BCUT2D eigenvalue weighted by Gasteiger charge is -2.34. The van der Waals surface area contributed by atoms with Crippen LogP contribution in [0.15, 0.2) is 42.5 Å². The molecule has 2 aromatic rings. The summed E-state index contributed by atoms with van der Waals surface area (Å²) in [5.41, 5.74) is 2.07. The Hall–Kier alpha value is -2.47. The van der Waals surface area contributed by atoms with Crippen LogP contribution in [-0.4, -0.2) is 48.5 Å². The molecule has 1 saturated heterocycles. The fourth-order valence-electron chi connectivity index (χ4n) is 2.94. The summed E-state index contributed by atoms with van der Waals surface area (Å²) in [6, 6.07) is 12.7. The number of pyridine rings is 1. The van der Waals surface area contributed by atoms with Gasteiger partial charge in [0.2, 0.25) is 11.9 Å². The first kappa shape index (κ1) is 17.4. The van der Waals surface area contributed by atoms with Gasteiger partial charge < -0.3 is 10.2 Å². The largest absolute Gasteiger partial charge is 0.354 e. The monoisotopic (exact) mass is 342 g/mol. The van der Waals surface area contributed by atoms with E-state index in [9.17, 15) is 9.18 Å². The van der Waals surface area contributed by atoms with Crippen molar-refractivity contribution in [2.75, 3.05) is 42.9 Å². The smallest absolute Gasteiger partial charge is 0.238 e. The normalized spacial score (nSPS) is 15.2. The number of aryl methyl sites for hydroxylation is 1. The maximum Gasteiger partial charge on any atom is 0.238 e. The highest BCUT2D eigenvalue weighted by atomic mass is 19.1. The van der Waals surface area contributed by atoms with E-state index in [0.29, 0.717) is 12.4 Å². The number of carbonyl (C=O) groups excluding carboxylic acids is 1. The van der Waals surface area contributed by atoms with Crippen molar-refractivity contribution < 1.29 is 9.18 Å². The minimum Gasteiger partial charge on any atom is -0.354 e. The topological polar surface area (TPSA) is 48.5 Å². The molecular formula is C19H23FN4O. The molecule has 1 N–H and O–H groups in total. The van der Waals surface area contributed by atoms with Gasteiger partial charge in [-0.25, -0.2) is 4.98 Å². The first-order valence-corrected chi connectivity index (χ1v) is 8.62. The van der Waals surface area contributed by atoms with Crippen molar-refractivity contribution in [3.63, 3.8) is 0 Å². The number of hydrogen-bond acceptors (Lipinski definition) is 4. The van der Waals surface area contributed by atoms with Gasteiger partial charge in [0, 0.05) is 31.9 Å². The zero-order valence-electron chi connectivity index (χ0n) is 14.4. The van der Waals surface area contributed by atoms with Gasteiger partial charge in [0.1, 0.15) is 5.82 Å². The lowest BCUT2D eigenvalue weighted by Crippen LogP contribution is -2.49. The highest BCUT2D eigenvalue weighted by molar-refractivity contribution is 5.92. The molecule has 0 radical (unpaired) electrons. The van der Waals surface area contributed by atoms with E-state index < -0.39 is 5.95 Å². The van der Waals surface area contributed by atoms with Crippen LogP contribution in [0.1, 0.15) is 12.5 Å². The summed E-state index contributed by atoms with van der Waals surface area (Å²) in [6.07, 6.45) is 0.985. The van der Waals surface area contributed by atoms with E-state index >= 15 is 0 Å². The summed E-state index contributed by atoms with van der Waals surface area (Å²) < 4.78 is 13.2. The van der Waals surface area contributed by atoms with E-state index in [2.05, 4.69) is 22.1 Å². The van der Waals surface area contributed by atoms with Crippen LogP contribution >= 0.6 is 0 Å². The van der Waals surface area contributed by atoms with E-state index in [0.717, 1.165) is 38.3 Å². The van der Waals surface area contributed by atoms with Crippen LogP contribution in [0, 0.1) is 5.95 Å². The van der Waals surface area contributed by atoms with E-state index in [4.69, 9.17) is 0 Å². The number of benzene rings is 1. The second-order valence-electron chi connectivity index (χ2n) is 6.18. The van der Waals surface area contributed by atoms with Crippen molar-refractivity contribution in [1.29, 1.82) is 0 Å². The van der Waals surface area contributed by atoms with Crippen LogP contribution in [0.2, 0.25) is 0 Å². The predicted octanol–water partition coefficient (Wildman–Crippen LogP) is 2.54. The molecule has 1 aliphatic heterocycles. The molecule has 25 heavy (non-hydrogen) atoms. The lowest BCUT2D eigenvalue weighted by atomic mass is 10.1. The number of halogens is 1. The van der Waals surface area contributed by atoms with Crippen molar-refractivity contribution in [3.05, 3.63) is 54.0 Å². The minimum absolute atomic E-state index is 0.0124. The van der Waals surface area contributed by atoms with Crippen molar-refractivity contribution in [2.24, 2.45) is 0 Å². The minimum atomic E-state index is -0.464. The number of amides is 1. The molecule has 1 aromatic heterocycles. The molecule has 1 amide bonds. The van der Waals surface area contributed by atoms with Crippen LogP contribution in [0.25, 0.3) is 0 Å². The van der Waals surface area contributed by atoms with Gasteiger partial charge in [-0.3, -0.25) is 9.69 Å². The molecule has 6 heteroatoms. The summed E-state index contributed by atoms with van der Waals surface area (Å²) in [4.78, 5) is 20.3. The third kappa shape index (κ3) is 4.76. The summed E-state index contributed by atoms with van der Waals surface area (Å²) >= 11 is 0. The Morgan fingerprint density at radius 2 is 1.84 bits per heavy atom. The number of piperazine rings is 1. The first-order valence-electron chi connectivity index (χ1n) is 8.62. The summed E-state index contributed by atoms with van der Waals surface area (Å²) in [6.45, 7) is 5.43. The summed E-state index contributed by atoms with van der Waals surface area (Å²) in [7, 11) is 0. The quantitative estimate of drug-likeness (QED) is 0.849. The van der Waals surface area contributed by atoms with Crippen molar-refractivity contribution in [1.82, 2.24) is 9.88 Å². The molecule has 5 nitrogen and oxygen atoms in total. The maximum absolute atomic E-state index is 13.2. The average Bonchev–Trinajstić information content (AvgIpc) is 2.63. The van der Waals surface area contributed by atoms with Crippen LogP contribution in [0.5, 0.6) is 0 Å². The highest BCUT2D eigenvalue weighted by Crippen LogP contribution is 2.14. The third-order valence-electron chi connectivity index (χ3n) is 4.41. The summed E-state index contributed by atoms with van der Waals surface area (Å²) in [5, 5.41) is 2.93. The number of hydrogen-bond donors (Lipinski definition) is 1. The Balaban J connectivity index is 1.47. The fraction of sp³-hybridized carbons (Fsp3) is 0.368. The van der Waals surface area contributed by atoms with Crippen LogP contribution in [0.4, 0.5) is 15.9 Å². The first-order chi connectivity index (χ1) is 12.1. The van der Waals surface area contributed by atoms with E-state index in [1.165, 1.54) is 11.6 Å². The maximum atomic E-state index is 13.2. The second kappa shape index (κ2) is 8.07. The Bertz CT molecular complexity index is 712. The number of rotatable bonds is 5. The molecule has 2 heterocycles. The Morgan fingerprint density at radius 3 is 2.48 bits per heavy atom. The zero-order valence-corrected chi connectivity index (χ0v) is 14.4. The van der Waals surface area contributed by atoms with E-state index in [-0.39, 0.29) is 5.91 Å². The van der Waals surface area contributed by atoms with Gasteiger partial charge in [0.15, 0.2) is 0 Å². The zero-order chi connectivity index (χ0) is 17.6. The van der Waals surface area contributed by atoms with Gasteiger partial charge >= 0.3 is 0 Å². The number of carbonyl (C=O) groups is 1. The third-order valence-corrected chi connectivity index (χ3v) is 4.41. The molecular weight excluding hydrogens is 319 g/mol. The van der Waals surface area contributed by atoms with Gasteiger partial charge in [0.05, 0.1) is 6.54 Å². The molecule has 3 rings (SSSR count). The van der Waals surface area contributed by atoms with Crippen LogP contribution in [-0.2, 0) is 11.2 Å².